The van der Waals surface area contributed by atoms with E-state index in [0.717, 1.165) is 5.56 Å². The molecule has 21 heavy (non-hydrogen) atoms. The molecular weight excluding hydrogens is 270 g/mol. The van der Waals surface area contributed by atoms with Crippen LogP contribution in [0.3, 0.4) is 0 Å². The number of carbonyl (C=O) groups excluding carboxylic acids is 1. The quantitative estimate of drug-likeness (QED) is 0.750. The molecule has 1 heterocycles. The first-order chi connectivity index (χ1) is 10.2. The van der Waals surface area contributed by atoms with Crippen molar-refractivity contribution in [3.8, 4) is 0 Å². The molecule has 0 spiro atoms. The van der Waals surface area contributed by atoms with E-state index in [1.807, 2.05) is 30.3 Å². The maximum Gasteiger partial charge on any atom is 0.322 e. The number of benzene rings is 1. The fourth-order valence-corrected chi connectivity index (χ4v) is 2.01. The van der Waals surface area contributed by atoms with Crippen molar-refractivity contribution >= 4 is 12.0 Å². The smallest absolute Gasteiger partial charge is 0.322 e. The first-order valence-corrected chi connectivity index (χ1v) is 6.78. The molecule has 1 aromatic heterocycles. The maximum atomic E-state index is 12.0. The van der Waals surface area contributed by atoms with Gasteiger partial charge in [0.15, 0.2) is 0 Å². The minimum Gasteiger partial charge on any atom is -0.396 e. The van der Waals surface area contributed by atoms with E-state index in [1.165, 1.54) is 11.0 Å². The lowest BCUT2D eigenvalue weighted by molar-refractivity contribution is 0.243. The molecule has 2 rings (SSSR count). The fourth-order valence-electron chi connectivity index (χ4n) is 2.01. The Morgan fingerprint density at radius 3 is 2.76 bits per heavy atom. The average molecular weight is 289 g/mol. The van der Waals surface area contributed by atoms with Gasteiger partial charge in [-0.3, -0.25) is 5.32 Å². The van der Waals surface area contributed by atoms with Crippen LogP contribution in [0.2, 0.25) is 0 Å². The molecule has 0 bridgehead atoms. The number of aromatic nitrogens is 3. The summed E-state index contributed by atoms with van der Waals surface area (Å²) in [5.74, 6) is 0.376. The predicted molar refractivity (Wildman–Crippen MR) is 78.7 cm³/mol. The molecule has 1 atom stereocenters. The summed E-state index contributed by atoms with van der Waals surface area (Å²) in [6, 6.07) is 9.15. The number of aliphatic hydroxyl groups is 1. The van der Waals surface area contributed by atoms with Crippen molar-refractivity contribution in [1.29, 1.82) is 0 Å². The largest absolute Gasteiger partial charge is 0.396 e. The minimum absolute atomic E-state index is 0.0932. The van der Waals surface area contributed by atoms with Gasteiger partial charge in [0.2, 0.25) is 5.95 Å². The zero-order valence-electron chi connectivity index (χ0n) is 11.9. The molecule has 1 aromatic carbocycles. The number of urea groups is 1. The van der Waals surface area contributed by atoms with Gasteiger partial charge in [0, 0.05) is 13.7 Å². The molecule has 0 aliphatic rings. The summed E-state index contributed by atoms with van der Waals surface area (Å²) in [5.41, 5.74) is 0.999. The molecule has 2 aromatic rings. The first kappa shape index (κ1) is 15.0. The van der Waals surface area contributed by atoms with Crippen molar-refractivity contribution in [3.05, 3.63) is 42.2 Å². The lowest BCUT2D eigenvalue weighted by Crippen LogP contribution is -2.33. The van der Waals surface area contributed by atoms with Crippen LogP contribution in [0.5, 0.6) is 0 Å². The number of anilines is 1. The van der Waals surface area contributed by atoms with Gasteiger partial charge in [-0.15, -0.1) is 0 Å². The molecule has 7 nitrogen and oxygen atoms in total. The van der Waals surface area contributed by atoms with Crippen LogP contribution in [0, 0.1) is 0 Å². The lowest BCUT2D eigenvalue weighted by atomic mass is 10.0. The Balaban J connectivity index is 2.01. The molecular formula is C14H19N5O2. The van der Waals surface area contributed by atoms with Crippen LogP contribution in [0.1, 0.15) is 24.4 Å². The molecule has 0 radical (unpaired) electrons. The Kier molecular flexibility index (Phi) is 5.28. The van der Waals surface area contributed by atoms with E-state index >= 15 is 0 Å². The summed E-state index contributed by atoms with van der Waals surface area (Å²) in [6.07, 6.45) is 2.65. The summed E-state index contributed by atoms with van der Waals surface area (Å²) in [4.78, 5) is 16.0. The van der Waals surface area contributed by atoms with Gasteiger partial charge >= 0.3 is 6.03 Å². The molecule has 0 fully saturated rings. The van der Waals surface area contributed by atoms with Crippen molar-refractivity contribution in [2.75, 3.05) is 11.9 Å². The number of aryl methyl sites for hydroxylation is 1. The van der Waals surface area contributed by atoms with Crippen LogP contribution in [0.15, 0.2) is 36.7 Å². The SMILES string of the molecule is Cn1ncnc1NC(=O)N[C@@H](CCCO)c1ccccc1. The Hall–Kier alpha value is -2.41. The Morgan fingerprint density at radius 2 is 2.14 bits per heavy atom. The molecule has 0 saturated heterocycles. The van der Waals surface area contributed by atoms with Crippen molar-refractivity contribution in [2.24, 2.45) is 7.05 Å². The second-order valence-electron chi connectivity index (χ2n) is 4.63. The van der Waals surface area contributed by atoms with Crippen molar-refractivity contribution < 1.29 is 9.90 Å². The summed E-state index contributed by atoms with van der Waals surface area (Å²) in [7, 11) is 1.70. The average Bonchev–Trinajstić information content (AvgIpc) is 2.89. The summed E-state index contributed by atoms with van der Waals surface area (Å²) < 4.78 is 1.48. The minimum atomic E-state index is -0.349. The van der Waals surface area contributed by atoms with Gasteiger partial charge in [0.25, 0.3) is 0 Å². The van der Waals surface area contributed by atoms with Crippen LogP contribution in [0.25, 0.3) is 0 Å². The van der Waals surface area contributed by atoms with Gasteiger partial charge in [-0.1, -0.05) is 30.3 Å². The number of aliphatic hydroxyl groups excluding tert-OH is 1. The van der Waals surface area contributed by atoms with E-state index in [9.17, 15) is 4.79 Å². The topological polar surface area (TPSA) is 92.1 Å². The highest BCUT2D eigenvalue weighted by Gasteiger charge is 2.15. The number of carbonyl (C=O) groups is 1. The fraction of sp³-hybridized carbons (Fsp3) is 0.357. The maximum absolute atomic E-state index is 12.0. The van der Waals surface area contributed by atoms with Gasteiger partial charge < -0.3 is 10.4 Å². The lowest BCUT2D eigenvalue weighted by Gasteiger charge is -2.19. The van der Waals surface area contributed by atoms with E-state index < -0.39 is 0 Å². The number of hydrogen-bond acceptors (Lipinski definition) is 4. The van der Waals surface area contributed by atoms with Gasteiger partial charge in [-0.2, -0.15) is 10.1 Å². The zero-order valence-corrected chi connectivity index (χ0v) is 11.9. The van der Waals surface area contributed by atoms with E-state index in [2.05, 4.69) is 20.7 Å². The Labute approximate surface area is 123 Å². The Morgan fingerprint density at radius 1 is 1.38 bits per heavy atom. The predicted octanol–water partition coefficient (Wildman–Crippen LogP) is 1.45. The normalized spacial score (nSPS) is 11.9. The molecule has 0 saturated carbocycles. The highest BCUT2D eigenvalue weighted by molar-refractivity contribution is 5.87. The molecule has 2 amide bonds. The second-order valence-corrected chi connectivity index (χ2v) is 4.63. The summed E-state index contributed by atoms with van der Waals surface area (Å²) in [5, 5.41) is 18.4. The number of nitrogens with one attached hydrogen (secondary N) is 2. The Bertz CT molecular complexity index is 570. The monoisotopic (exact) mass is 289 g/mol. The third kappa shape index (κ3) is 4.28. The molecule has 0 aliphatic carbocycles. The van der Waals surface area contributed by atoms with Crippen LogP contribution in [-0.2, 0) is 7.05 Å². The van der Waals surface area contributed by atoms with Crippen LogP contribution < -0.4 is 10.6 Å². The van der Waals surface area contributed by atoms with E-state index in [4.69, 9.17) is 5.11 Å². The third-order valence-electron chi connectivity index (χ3n) is 3.09. The number of hydrogen-bond donors (Lipinski definition) is 3. The molecule has 0 aliphatic heterocycles. The van der Waals surface area contributed by atoms with Crippen LogP contribution in [-0.4, -0.2) is 32.5 Å². The second kappa shape index (κ2) is 7.39. The van der Waals surface area contributed by atoms with Crippen molar-refractivity contribution in [1.82, 2.24) is 20.1 Å². The number of amides is 2. The van der Waals surface area contributed by atoms with E-state index in [0.29, 0.717) is 18.8 Å². The van der Waals surface area contributed by atoms with Crippen LogP contribution in [0.4, 0.5) is 10.7 Å². The van der Waals surface area contributed by atoms with Crippen molar-refractivity contribution in [2.45, 2.75) is 18.9 Å². The molecule has 7 heteroatoms. The molecule has 0 unspecified atom stereocenters. The number of rotatable bonds is 6. The van der Waals surface area contributed by atoms with E-state index in [1.54, 1.807) is 7.05 Å². The van der Waals surface area contributed by atoms with Gasteiger partial charge in [-0.25, -0.2) is 9.48 Å². The van der Waals surface area contributed by atoms with Crippen LogP contribution >= 0.6 is 0 Å². The van der Waals surface area contributed by atoms with E-state index in [-0.39, 0.29) is 18.7 Å². The summed E-state index contributed by atoms with van der Waals surface area (Å²) in [6.45, 7) is 0.0932. The third-order valence-corrected chi connectivity index (χ3v) is 3.09. The van der Waals surface area contributed by atoms with Gasteiger partial charge in [0.05, 0.1) is 6.04 Å². The summed E-state index contributed by atoms with van der Waals surface area (Å²) >= 11 is 0. The van der Waals surface area contributed by atoms with Crippen molar-refractivity contribution in [3.63, 3.8) is 0 Å². The molecule has 3 N–H and O–H groups in total. The zero-order chi connectivity index (χ0) is 15.1. The molecule has 112 valence electrons. The highest BCUT2D eigenvalue weighted by atomic mass is 16.3. The van der Waals surface area contributed by atoms with Gasteiger partial charge in [0.1, 0.15) is 6.33 Å². The highest BCUT2D eigenvalue weighted by Crippen LogP contribution is 2.18. The number of nitrogens with zero attached hydrogens (tertiary/aromatic N) is 3. The van der Waals surface area contributed by atoms with Gasteiger partial charge in [-0.05, 0) is 18.4 Å². The first-order valence-electron chi connectivity index (χ1n) is 6.78. The standard InChI is InChI=1S/C14H19N5O2/c1-19-13(15-10-16-19)18-14(21)17-12(8-5-9-20)11-6-3-2-4-7-11/h2-4,6-7,10,12,20H,5,8-9H2,1H3,(H2,15,16,17,18,21)/t12-/m0/s1.